The number of methoxy groups -OCH3 is 1. The van der Waals surface area contributed by atoms with E-state index in [1.165, 1.54) is 44.2 Å². The topological polar surface area (TPSA) is 120 Å². The Morgan fingerprint density at radius 2 is 2.17 bits per heavy atom. The van der Waals surface area contributed by atoms with Crippen molar-refractivity contribution in [2.75, 3.05) is 19.1 Å². The van der Waals surface area contributed by atoms with Crippen LogP contribution in [0.3, 0.4) is 0 Å². The van der Waals surface area contributed by atoms with Gasteiger partial charge in [0.15, 0.2) is 0 Å². The molecule has 0 radical (unpaired) electrons. The number of anilines is 1. The van der Waals surface area contributed by atoms with E-state index in [2.05, 4.69) is 25.3 Å². The van der Waals surface area contributed by atoms with E-state index in [9.17, 15) is 13.6 Å². The third-order valence-corrected chi connectivity index (χ3v) is 4.76. The van der Waals surface area contributed by atoms with Gasteiger partial charge in [-0.15, -0.1) is 0 Å². The Hall–Kier alpha value is -3.89. The number of carbonyl (C=O) groups is 1. The smallest absolute Gasteiger partial charge is 0.275 e. The molecule has 4 rings (SSSR count). The van der Waals surface area contributed by atoms with E-state index >= 15 is 0 Å². The van der Waals surface area contributed by atoms with Crippen LogP contribution >= 0.6 is 0 Å². The molecule has 1 atom stereocenters. The lowest BCUT2D eigenvalue weighted by Crippen LogP contribution is -2.41. The molecule has 11 heteroatoms. The van der Waals surface area contributed by atoms with Crippen LogP contribution in [0.5, 0.6) is 5.88 Å². The first kappa shape index (κ1) is 19.4. The number of aliphatic imine (C=N–C) groups is 1. The molecule has 0 aliphatic carbocycles. The van der Waals surface area contributed by atoms with Crippen LogP contribution in [-0.2, 0) is 12.1 Å². The van der Waals surface area contributed by atoms with Crippen molar-refractivity contribution in [3.8, 4) is 5.88 Å². The van der Waals surface area contributed by atoms with Gasteiger partial charge in [-0.1, -0.05) is 0 Å². The minimum Gasteiger partial charge on any atom is -0.480 e. The summed E-state index contributed by atoms with van der Waals surface area (Å²) < 4.78 is 35.4. The number of imidazole rings is 1. The van der Waals surface area contributed by atoms with Gasteiger partial charge < -0.3 is 20.4 Å². The third kappa shape index (κ3) is 3.34. The summed E-state index contributed by atoms with van der Waals surface area (Å²) in [6.07, 6.45) is 5.52. The molecule has 1 aliphatic heterocycles. The van der Waals surface area contributed by atoms with Crippen molar-refractivity contribution in [2.45, 2.75) is 12.1 Å². The lowest BCUT2D eigenvalue weighted by Gasteiger charge is -2.33. The second-order valence-electron chi connectivity index (χ2n) is 6.66. The number of hydrogen-bond donors (Lipinski definition) is 2. The second-order valence-corrected chi connectivity index (χ2v) is 6.66. The molecule has 0 saturated heterocycles. The highest BCUT2D eigenvalue weighted by Crippen LogP contribution is 2.35. The molecule has 1 aliphatic rings. The van der Waals surface area contributed by atoms with E-state index < -0.39 is 23.9 Å². The van der Waals surface area contributed by atoms with E-state index in [4.69, 9.17) is 10.5 Å². The highest BCUT2D eigenvalue weighted by atomic mass is 19.1. The summed E-state index contributed by atoms with van der Waals surface area (Å²) in [4.78, 5) is 28.5. The number of nitrogens with one attached hydrogen (secondary N) is 1. The van der Waals surface area contributed by atoms with Gasteiger partial charge in [0.2, 0.25) is 5.88 Å². The number of carbonyl (C=O) groups excluding carboxylic acids is 1. The zero-order valence-electron chi connectivity index (χ0n) is 15.8. The first-order valence-electron chi connectivity index (χ1n) is 8.85. The van der Waals surface area contributed by atoms with Gasteiger partial charge in [-0.3, -0.25) is 9.79 Å². The molecule has 3 aromatic rings. The maximum Gasteiger partial charge on any atom is 0.275 e. The van der Waals surface area contributed by atoms with Crippen LogP contribution in [0, 0.1) is 5.82 Å². The molecule has 1 unspecified atom stereocenters. The second kappa shape index (κ2) is 7.50. The van der Waals surface area contributed by atoms with Gasteiger partial charge >= 0.3 is 0 Å². The monoisotopic (exact) mass is 413 g/mol. The number of aromatic nitrogens is 4. The van der Waals surface area contributed by atoms with Crippen molar-refractivity contribution in [3.05, 3.63) is 65.9 Å². The first-order valence-corrected chi connectivity index (χ1v) is 8.85. The number of ether oxygens (including phenoxy) is 1. The summed E-state index contributed by atoms with van der Waals surface area (Å²) in [7, 11) is 1.43. The highest BCUT2D eigenvalue weighted by Gasteiger charge is 2.39. The van der Waals surface area contributed by atoms with Crippen molar-refractivity contribution >= 4 is 17.4 Å². The van der Waals surface area contributed by atoms with Crippen LogP contribution in [0.1, 0.15) is 21.7 Å². The number of nitrogens with zero attached hydrogens (tertiary/aromatic N) is 5. The molecule has 1 amide bonds. The number of amides is 1. The average molecular weight is 413 g/mol. The summed E-state index contributed by atoms with van der Waals surface area (Å²) in [6, 6.07) is 3.83. The Labute approximate surface area is 169 Å². The normalized spacial score (nSPS) is 17.8. The number of benzene rings is 1. The summed E-state index contributed by atoms with van der Waals surface area (Å²) in [6.45, 7) is -0.985. The molecule has 1 aromatic carbocycles. The van der Waals surface area contributed by atoms with Crippen molar-refractivity contribution < 1.29 is 18.3 Å². The summed E-state index contributed by atoms with van der Waals surface area (Å²) in [5, 5.41) is 2.60. The summed E-state index contributed by atoms with van der Waals surface area (Å²) in [5.41, 5.74) is 5.14. The van der Waals surface area contributed by atoms with E-state index in [1.807, 2.05) is 0 Å². The van der Waals surface area contributed by atoms with Crippen LogP contribution in [0.2, 0.25) is 0 Å². The van der Waals surface area contributed by atoms with E-state index in [0.29, 0.717) is 5.69 Å². The van der Waals surface area contributed by atoms with E-state index in [-0.39, 0.29) is 35.2 Å². The fourth-order valence-corrected chi connectivity index (χ4v) is 3.25. The standard InChI is InChI=1S/C19H17F2N7O2/c1-30-16-7-24-14(5-25-16)18(29)26-11-2-3-13(21)12(4-11)19(8-20)9-28-10-23-6-15(28)17(22)27-19/h2-7,10H,8-9H2,1H3,(H2,22,27)(H,26,29). The minimum absolute atomic E-state index is 0.0117. The van der Waals surface area contributed by atoms with E-state index in [0.717, 1.165) is 6.07 Å². The summed E-state index contributed by atoms with van der Waals surface area (Å²) in [5.74, 6) is -0.929. The van der Waals surface area contributed by atoms with Crippen molar-refractivity contribution in [1.29, 1.82) is 0 Å². The van der Waals surface area contributed by atoms with Crippen LogP contribution in [0.4, 0.5) is 14.5 Å². The Bertz CT molecular complexity index is 1130. The van der Waals surface area contributed by atoms with Crippen molar-refractivity contribution in [1.82, 2.24) is 19.5 Å². The van der Waals surface area contributed by atoms with Crippen LogP contribution in [0.15, 0.2) is 48.1 Å². The minimum atomic E-state index is -1.58. The number of fused-ring (bicyclic) bond motifs is 1. The number of hydrogen-bond acceptors (Lipinski definition) is 7. The Morgan fingerprint density at radius 3 is 2.87 bits per heavy atom. The fraction of sp³-hybridized carbons (Fsp3) is 0.211. The van der Waals surface area contributed by atoms with Gasteiger partial charge in [-0.25, -0.2) is 23.7 Å². The van der Waals surface area contributed by atoms with Crippen molar-refractivity contribution in [2.24, 2.45) is 10.7 Å². The summed E-state index contributed by atoms with van der Waals surface area (Å²) >= 11 is 0. The SMILES string of the molecule is COc1cnc(C(=O)Nc2ccc(F)c(C3(CF)Cn4cncc4C(N)=N3)c2)cn1. The molecule has 0 bridgehead atoms. The van der Waals surface area contributed by atoms with Gasteiger partial charge in [-0.05, 0) is 18.2 Å². The fourth-order valence-electron chi connectivity index (χ4n) is 3.25. The predicted molar refractivity (Wildman–Crippen MR) is 104 cm³/mol. The zero-order chi connectivity index (χ0) is 21.3. The molecule has 9 nitrogen and oxygen atoms in total. The van der Waals surface area contributed by atoms with Gasteiger partial charge in [0.25, 0.3) is 5.91 Å². The molecular weight excluding hydrogens is 396 g/mol. The molecule has 0 spiro atoms. The molecular formula is C19H17F2N7O2. The molecule has 2 aromatic heterocycles. The molecule has 154 valence electrons. The quantitative estimate of drug-likeness (QED) is 0.656. The number of rotatable bonds is 5. The predicted octanol–water partition coefficient (Wildman–Crippen LogP) is 1.66. The number of amidine groups is 1. The molecule has 0 fully saturated rings. The maximum atomic E-state index is 14.7. The lowest BCUT2D eigenvalue weighted by molar-refractivity contribution is 0.102. The lowest BCUT2D eigenvalue weighted by atomic mass is 9.89. The van der Waals surface area contributed by atoms with Crippen molar-refractivity contribution in [3.63, 3.8) is 0 Å². The van der Waals surface area contributed by atoms with Gasteiger partial charge in [0.1, 0.15) is 35.3 Å². The Morgan fingerprint density at radius 1 is 1.33 bits per heavy atom. The molecule has 0 saturated carbocycles. The van der Waals surface area contributed by atoms with Crippen LogP contribution in [-0.4, -0.2) is 45.0 Å². The van der Waals surface area contributed by atoms with Gasteiger partial charge in [0, 0.05) is 11.3 Å². The number of alkyl halides is 1. The first-order chi connectivity index (χ1) is 14.5. The highest BCUT2D eigenvalue weighted by molar-refractivity contribution is 6.02. The van der Waals surface area contributed by atoms with Crippen LogP contribution in [0.25, 0.3) is 0 Å². The van der Waals surface area contributed by atoms with Gasteiger partial charge in [-0.2, -0.15) is 0 Å². The molecule has 3 N–H and O–H groups in total. The Kier molecular flexibility index (Phi) is 4.86. The zero-order valence-corrected chi connectivity index (χ0v) is 15.8. The van der Waals surface area contributed by atoms with Crippen LogP contribution < -0.4 is 15.8 Å². The van der Waals surface area contributed by atoms with E-state index in [1.54, 1.807) is 4.57 Å². The van der Waals surface area contributed by atoms with Gasteiger partial charge in [0.05, 0.1) is 38.6 Å². The Balaban J connectivity index is 1.66. The average Bonchev–Trinajstić information content (AvgIpc) is 3.24. The molecule has 3 heterocycles. The largest absolute Gasteiger partial charge is 0.480 e. The number of nitrogens with two attached hydrogens (primary N) is 1. The number of halogens is 2. The molecule has 30 heavy (non-hydrogen) atoms. The maximum absolute atomic E-state index is 14.7. The third-order valence-electron chi connectivity index (χ3n) is 4.76.